The Morgan fingerprint density at radius 2 is 2.22 bits per heavy atom. The largest absolute Gasteiger partial charge is 0.384 e. The monoisotopic (exact) mass is 312 g/mol. The van der Waals surface area contributed by atoms with Crippen molar-refractivity contribution >= 4 is 5.91 Å². The minimum atomic E-state index is 0.191. The Labute approximate surface area is 134 Å². The maximum absolute atomic E-state index is 12.2. The van der Waals surface area contributed by atoms with Crippen molar-refractivity contribution in [1.82, 2.24) is 20.1 Å². The molecule has 0 saturated carbocycles. The molecule has 1 fully saturated rings. The zero-order valence-corrected chi connectivity index (χ0v) is 13.2. The summed E-state index contributed by atoms with van der Waals surface area (Å²) in [5.74, 6) is 1.09. The van der Waals surface area contributed by atoms with Crippen LogP contribution in [0.3, 0.4) is 0 Å². The van der Waals surface area contributed by atoms with Gasteiger partial charge in [-0.1, -0.05) is 0 Å². The second-order valence-electron chi connectivity index (χ2n) is 6.31. The summed E-state index contributed by atoms with van der Waals surface area (Å²) >= 11 is 0. The summed E-state index contributed by atoms with van der Waals surface area (Å²) in [6.07, 6.45) is 5.04. The molecule has 1 aliphatic heterocycles. The number of likely N-dealkylation sites (tertiary alicyclic amines) is 1. The lowest BCUT2D eigenvalue weighted by atomic mass is 9.99. The van der Waals surface area contributed by atoms with Crippen LogP contribution in [0.2, 0.25) is 0 Å². The van der Waals surface area contributed by atoms with Crippen LogP contribution < -0.4 is 0 Å². The normalized spacial score (nSPS) is 22.2. The highest BCUT2D eigenvalue weighted by atomic mass is 16.5. The van der Waals surface area contributed by atoms with E-state index in [-0.39, 0.29) is 5.91 Å². The fourth-order valence-electron chi connectivity index (χ4n) is 3.86. The number of amides is 1. The second kappa shape index (κ2) is 5.77. The number of carbonyl (C=O) groups excluding carboxylic acids is 1. The first-order valence-electron chi connectivity index (χ1n) is 8.02. The molecule has 0 spiro atoms. The van der Waals surface area contributed by atoms with Gasteiger partial charge in [-0.3, -0.25) is 14.9 Å². The molecular formula is C17H20N4O2. The van der Waals surface area contributed by atoms with E-state index < -0.39 is 0 Å². The first-order valence-corrected chi connectivity index (χ1v) is 8.02. The number of ether oxygens (including phenoxy) is 1. The van der Waals surface area contributed by atoms with Gasteiger partial charge in [0.2, 0.25) is 5.91 Å². The second-order valence-corrected chi connectivity index (χ2v) is 6.31. The standard InChI is InChI=1S/C17H20N4O2/c1-23-7-4-15(22)21-9-12-8-13-16(11-2-5-18-6-3-11)19-20-17(13)14(12)10-21/h2-3,5-6,12,14H,4,7-10H2,1H3,(H,19,20)/t12-,14+/m1/s1. The van der Waals surface area contributed by atoms with Crippen molar-refractivity contribution in [3.63, 3.8) is 0 Å². The van der Waals surface area contributed by atoms with E-state index in [1.807, 2.05) is 17.0 Å². The molecule has 120 valence electrons. The van der Waals surface area contributed by atoms with E-state index in [1.165, 1.54) is 11.3 Å². The predicted octanol–water partition coefficient (Wildman–Crippen LogP) is 1.61. The van der Waals surface area contributed by atoms with Gasteiger partial charge in [-0.05, 0) is 24.5 Å². The molecule has 0 bridgehead atoms. The van der Waals surface area contributed by atoms with Crippen molar-refractivity contribution in [2.75, 3.05) is 26.8 Å². The number of H-pyrrole nitrogens is 1. The van der Waals surface area contributed by atoms with Crippen LogP contribution in [0, 0.1) is 5.92 Å². The Kier molecular flexibility index (Phi) is 3.61. The zero-order chi connectivity index (χ0) is 15.8. The Bertz CT molecular complexity index is 713. The third-order valence-corrected chi connectivity index (χ3v) is 5.00. The van der Waals surface area contributed by atoms with Gasteiger partial charge in [0.15, 0.2) is 0 Å². The molecule has 1 N–H and O–H groups in total. The van der Waals surface area contributed by atoms with Gasteiger partial charge in [-0.2, -0.15) is 5.10 Å². The molecule has 4 rings (SSSR count). The quantitative estimate of drug-likeness (QED) is 0.931. The van der Waals surface area contributed by atoms with Gasteiger partial charge in [0.25, 0.3) is 0 Å². The predicted molar refractivity (Wildman–Crippen MR) is 84.8 cm³/mol. The minimum Gasteiger partial charge on any atom is -0.384 e. The Morgan fingerprint density at radius 3 is 3.00 bits per heavy atom. The van der Waals surface area contributed by atoms with E-state index in [9.17, 15) is 4.79 Å². The summed E-state index contributed by atoms with van der Waals surface area (Å²) < 4.78 is 5.01. The van der Waals surface area contributed by atoms with Crippen molar-refractivity contribution in [3.05, 3.63) is 35.8 Å². The molecule has 1 aliphatic carbocycles. The van der Waals surface area contributed by atoms with Crippen molar-refractivity contribution in [2.24, 2.45) is 5.92 Å². The van der Waals surface area contributed by atoms with Gasteiger partial charge in [0.1, 0.15) is 0 Å². The number of rotatable bonds is 4. The molecule has 0 aromatic carbocycles. The molecule has 6 nitrogen and oxygen atoms in total. The number of pyridine rings is 1. The Hall–Kier alpha value is -2.21. The molecule has 23 heavy (non-hydrogen) atoms. The molecule has 1 amide bonds. The molecule has 3 heterocycles. The maximum atomic E-state index is 12.2. The maximum Gasteiger partial charge on any atom is 0.224 e. The lowest BCUT2D eigenvalue weighted by Gasteiger charge is -2.17. The zero-order valence-electron chi connectivity index (χ0n) is 13.2. The van der Waals surface area contributed by atoms with E-state index in [4.69, 9.17) is 4.74 Å². The number of aromatic amines is 1. The van der Waals surface area contributed by atoms with Gasteiger partial charge in [0.05, 0.1) is 18.7 Å². The molecule has 2 aromatic heterocycles. The van der Waals surface area contributed by atoms with Crippen LogP contribution in [0.4, 0.5) is 0 Å². The summed E-state index contributed by atoms with van der Waals surface area (Å²) in [6, 6.07) is 3.98. The highest BCUT2D eigenvalue weighted by molar-refractivity contribution is 5.77. The van der Waals surface area contributed by atoms with E-state index >= 15 is 0 Å². The molecule has 2 atom stereocenters. The van der Waals surface area contributed by atoms with Crippen LogP contribution in [0.5, 0.6) is 0 Å². The summed E-state index contributed by atoms with van der Waals surface area (Å²) in [7, 11) is 1.63. The number of carbonyl (C=O) groups is 1. The highest BCUT2D eigenvalue weighted by Gasteiger charge is 2.43. The molecule has 0 radical (unpaired) electrons. The third kappa shape index (κ3) is 2.43. The number of hydrogen-bond acceptors (Lipinski definition) is 4. The summed E-state index contributed by atoms with van der Waals surface area (Å²) in [5.41, 5.74) is 4.67. The average Bonchev–Trinajstić information content (AvgIpc) is 3.24. The topological polar surface area (TPSA) is 71.1 Å². The molecule has 0 unspecified atom stereocenters. The summed E-state index contributed by atoms with van der Waals surface area (Å²) in [5, 5.41) is 7.74. The lowest BCUT2D eigenvalue weighted by molar-refractivity contribution is -0.131. The van der Waals surface area contributed by atoms with Crippen molar-refractivity contribution in [1.29, 1.82) is 0 Å². The van der Waals surface area contributed by atoms with Crippen LogP contribution in [0.1, 0.15) is 23.6 Å². The minimum absolute atomic E-state index is 0.191. The summed E-state index contributed by atoms with van der Waals surface area (Å²) in [4.78, 5) is 18.2. The first kappa shape index (κ1) is 14.4. The Balaban J connectivity index is 1.53. The SMILES string of the molecule is COCCC(=O)N1C[C@H]2Cc3c(-c4ccncc4)n[nH]c3[C@H]2C1. The number of methoxy groups -OCH3 is 1. The molecule has 2 aliphatic rings. The fourth-order valence-corrected chi connectivity index (χ4v) is 3.86. The first-order chi connectivity index (χ1) is 11.3. The van der Waals surface area contributed by atoms with Gasteiger partial charge < -0.3 is 9.64 Å². The van der Waals surface area contributed by atoms with Gasteiger partial charge >= 0.3 is 0 Å². The lowest BCUT2D eigenvalue weighted by Crippen LogP contribution is -2.30. The Morgan fingerprint density at radius 1 is 1.39 bits per heavy atom. The third-order valence-electron chi connectivity index (χ3n) is 5.00. The van der Waals surface area contributed by atoms with Gasteiger partial charge in [0, 0.05) is 55.3 Å². The van der Waals surface area contributed by atoms with E-state index in [0.29, 0.717) is 24.9 Å². The van der Waals surface area contributed by atoms with Crippen LogP contribution in [0.15, 0.2) is 24.5 Å². The van der Waals surface area contributed by atoms with Crippen molar-refractivity contribution in [3.8, 4) is 11.3 Å². The van der Waals surface area contributed by atoms with Crippen molar-refractivity contribution in [2.45, 2.75) is 18.8 Å². The van der Waals surface area contributed by atoms with E-state index in [2.05, 4.69) is 15.2 Å². The van der Waals surface area contributed by atoms with Crippen LogP contribution >= 0.6 is 0 Å². The number of nitrogens with one attached hydrogen (secondary N) is 1. The number of nitrogens with zero attached hydrogens (tertiary/aromatic N) is 3. The van der Waals surface area contributed by atoms with E-state index in [0.717, 1.165) is 30.8 Å². The average molecular weight is 312 g/mol. The number of aromatic nitrogens is 3. The van der Waals surface area contributed by atoms with Gasteiger partial charge in [-0.25, -0.2) is 0 Å². The van der Waals surface area contributed by atoms with Crippen LogP contribution in [-0.2, 0) is 16.0 Å². The molecule has 2 aromatic rings. The van der Waals surface area contributed by atoms with Crippen LogP contribution in [0.25, 0.3) is 11.3 Å². The van der Waals surface area contributed by atoms with E-state index in [1.54, 1.807) is 19.5 Å². The van der Waals surface area contributed by atoms with Crippen molar-refractivity contribution < 1.29 is 9.53 Å². The molecular weight excluding hydrogens is 292 g/mol. The van der Waals surface area contributed by atoms with Crippen LogP contribution in [-0.4, -0.2) is 52.8 Å². The smallest absolute Gasteiger partial charge is 0.224 e. The fraction of sp³-hybridized carbons (Fsp3) is 0.471. The highest BCUT2D eigenvalue weighted by Crippen LogP contribution is 2.45. The molecule has 6 heteroatoms. The molecule has 1 saturated heterocycles. The number of fused-ring (bicyclic) bond motifs is 3. The van der Waals surface area contributed by atoms with Gasteiger partial charge in [-0.15, -0.1) is 0 Å². The summed E-state index contributed by atoms with van der Waals surface area (Å²) in [6.45, 7) is 2.12. The number of hydrogen-bond donors (Lipinski definition) is 1.